The van der Waals surface area contributed by atoms with E-state index in [4.69, 9.17) is 5.26 Å². The molecule has 0 radical (unpaired) electrons. The molecule has 3 heteroatoms. The van der Waals surface area contributed by atoms with Gasteiger partial charge in [0.2, 0.25) is 0 Å². The van der Waals surface area contributed by atoms with Gasteiger partial charge in [0.05, 0.1) is 0 Å². The molecule has 0 aromatic rings. The van der Waals surface area contributed by atoms with Crippen molar-refractivity contribution in [1.82, 2.24) is 0 Å². The quantitative estimate of drug-likeness (QED) is 0.298. The lowest BCUT2D eigenvalue weighted by molar-refractivity contribution is -0.112. The molecule has 0 aliphatic carbocycles. The molecule has 3 nitrogen and oxygen atoms in total. The molecule has 6 heavy (non-hydrogen) atoms. The molecule has 0 aromatic carbocycles. The van der Waals surface area contributed by atoms with Gasteiger partial charge in [-0.2, -0.15) is 5.26 Å². The molecular formula is C3H2N2O. The molecule has 0 aromatic heterocycles. The van der Waals surface area contributed by atoms with Crippen LogP contribution in [0.1, 0.15) is 0 Å². The third-order valence-electron chi connectivity index (χ3n) is 0.239. The van der Waals surface area contributed by atoms with Crippen LogP contribution in [0.25, 0.3) is 0 Å². The van der Waals surface area contributed by atoms with E-state index in [1.807, 2.05) is 0 Å². The Labute approximate surface area is 34.9 Å². The minimum atomic E-state index is -0.838. The Morgan fingerprint density at radius 1 is 2.00 bits per heavy atom. The summed E-state index contributed by atoms with van der Waals surface area (Å²) in [5.74, 6) is -0.838. The normalized spacial score (nSPS) is 5.83. The second-order valence-electron chi connectivity index (χ2n) is 0.575. The number of aliphatic imine (C=N–C) groups is 1. The monoisotopic (exact) mass is 82.0 g/mol. The van der Waals surface area contributed by atoms with Gasteiger partial charge in [-0.05, 0) is 6.72 Å². The lowest BCUT2D eigenvalue weighted by atomic mass is 10.7. The molecule has 0 saturated heterocycles. The van der Waals surface area contributed by atoms with Crippen molar-refractivity contribution < 1.29 is 4.79 Å². The van der Waals surface area contributed by atoms with E-state index in [1.54, 1.807) is 0 Å². The van der Waals surface area contributed by atoms with Crippen LogP contribution in [0, 0.1) is 11.3 Å². The SMILES string of the molecule is C=NC(=O)C#N. The van der Waals surface area contributed by atoms with E-state index in [9.17, 15) is 4.79 Å². The first-order chi connectivity index (χ1) is 2.81. The van der Waals surface area contributed by atoms with Crippen molar-refractivity contribution in [3.63, 3.8) is 0 Å². The van der Waals surface area contributed by atoms with Crippen molar-refractivity contribution in [2.75, 3.05) is 0 Å². The first kappa shape index (κ1) is 4.83. The van der Waals surface area contributed by atoms with Crippen LogP contribution in [0.4, 0.5) is 0 Å². The van der Waals surface area contributed by atoms with Crippen molar-refractivity contribution >= 4 is 12.6 Å². The van der Waals surface area contributed by atoms with Crippen LogP contribution in [0.15, 0.2) is 4.99 Å². The Balaban J connectivity index is 3.63. The summed E-state index contributed by atoms with van der Waals surface area (Å²) in [5, 5.41) is 7.60. The molecule has 0 rings (SSSR count). The molecule has 0 N–H and O–H groups in total. The van der Waals surface area contributed by atoms with Gasteiger partial charge in [0.15, 0.2) is 6.07 Å². The summed E-state index contributed by atoms with van der Waals surface area (Å²) in [6.07, 6.45) is 0. The molecule has 0 fully saturated rings. The van der Waals surface area contributed by atoms with Crippen LogP contribution in [0.2, 0.25) is 0 Å². The van der Waals surface area contributed by atoms with Crippen LogP contribution in [0.3, 0.4) is 0 Å². The van der Waals surface area contributed by atoms with Crippen LogP contribution in [0.5, 0.6) is 0 Å². The van der Waals surface area contributed by atoms with Gasteiger partial charge in [0, 0.05) is 0 Å². The lowest BCUT2D eigenvalue weighted by Gasteiger charge is -1.60. The summed E-state index contributed by atoms with van der Waals surface area (Å²) in [6, 6.07) is 1.25. The molecule has 0 saturated carbocycles. The highest BCUT2D eigenvalue weighted by molar-refractivity contribution is 5.94. The van der Waals surface area contributed by atoms with Gasteiger partial charge in [-0.25, -0.2) is 4.99 Å². The van der Waals surface area contributed by atoms with Crippen molar-refractivity contribution in [3.05, 3.63) is 0 Å². The summed E-state index contributed by atoms with van der Waals surface area (Å²) in [7, 11) is 0. The molecule has 0 unspecified atom stereocenters. The Morgan fingerprint density at radius 3 is 2.50 bits per heavy atom. The molecule has 0 aliphatic heterocycles. The second kappa shape index (κ2) is 2.09. The molecule has 30 valence electrons. The lowest BCUT2D eigenvalue weighted by Crippen LogP contribution is -1.80. The highest BCUT2D eigenvalue weighted by Gasteiger charge is 1.83. The number of carbonyl (C=O) groups excluding carboxylic acids is 1. The number of nitrogens with zero attached hydrogens (tertiary/aromatic N) is 2. The first-order valence-electron chi connectivity index (χ1n) is 1.22. The van der Waals surface area contributed by atoms with E-state index < -0.39 is 5.91 Å². The van der Waals surface area contributed by atoms with Crippen molar-refractivity contribution in [1.29, 1.82) is 5.26 Å². The zero-order valence-electron chi connectivity index (χ0n) is 3.01. The maximum absolute atomic E-state index is 9.59. The van der Waals surface area contributed by atoms with Crippen molar-refractivity contribution in [3.8, 4) is 6.07 Å². The third kappa shape index (κ3) is 1.18. The molecular weight excluding hydrogens is 80.0 g/mol. The fourth-order valence-electron chi connectivity index (χ4n) is 0.0354. The highest BCUT2D eigenvalue weighted by atomic mass is 16.1. The highest BCUT2D eigenvalue weighted by Crippen LogP contribution is 1.60. The zero-order valence-corrected chi connectivity index (χ0v) is 3.01. The average Bonchev–Trinajstić information content (AvgIpc) is 1.65. The topological polar surface area (TPSA) is 53.2 Å². The van der Waals surface area contributed by atoms with Crippen LogP contribution >= 0.6 is 0 Å². The zero-order chi connectivity index (χ0) is 4.99. The Kier molecular flexibility index (Phi) is 1.68. The summed E-state index contributed by atoms with van der Waals surface area (Å²) in [6.45, 7) is 2.81. The Morgan fingerprint density at radius 2 is 2.50 bits per heavy atom. The minimum Gasteiger partial charge on any atom is -0.255 e. The fourth-order valence-corrected chi connectivity index (χ4v) is 0.0354. The number of hydrogen-bond acceptors (Lipinski definition) is 2. The number of carbonyl (C=O) groups is 1. The van der Waals surface area contributed by atoms with Gasteiger partial charge in [0.1, 0.15) is 0 Å². The second-order valence-corrected chi connectivity index (χ2v) is 0.575. The van der Waals surface area contributed by atoms with Gasteiger partial charge in [-0.1, -0.05) is 0 Å². The summed E-state index contributed by atoms with van der Waals surface area (Å²) in [5.41, 5.74) is 0. The molecule has 0 aliphatic rings. The predicted molar refractivity (Wildman–Crippen MR) is 20.2 cm³/mol. The van der Waals surface area contributed by atoms with Crippen molar-refractivity contribution in [2.24, 2.45) is 4.99 Å². The van der Waals surface area contributed by atoms with Crippen molar-refractivity contribution in [2.45, 2.75) is 0 Å². The number of nitriles is 1. The average molecular weight is 82.1 g/mol. The first-order valence-corrected chi connectivity index (χ1v) is 1.22. The smallest absolute Gasteiger partial charge is 0.255 e. The van der Waals surface area contributed by atoms with Crippen LogP contribution < -0.4 is 0 Å². The van der Waals surface area contributed by atoms with E-state index in [-0.39, 0.29) is 0 Å². The van der Waals surface area contributed by atoms with E-state index in [0.717, 1.165) is 0 Å². The molecule has 0 spiro atoms. The number of hydrogen-bond donors (Lipinski definition) is 0. The molecule has 0 atom stereocenters. The fraction of sp³-hybridized carbons (Fsp3) is 0. The standard InChI is InChI=1S/C3H2N2O/c1-5-3(6)2-4/h1H2. The minimum absolute atomic E-state index is 0.838. The number of amides is 1. The number of rotatable bonds is 0. The van der Waals surface area contributed by atoms with E-state index >= 15 is 0 Å². The van der Waals surface area contributed by atoms with Crippen LogP contribution in [-0.2, 0) is 4.79 Å². The van der Waals surface area contributed by atoms with E-state index in [1.165, 1.54) is 6.07 Å². The maximum Gasteiger partial charge on any atom is 0.347 e. The van der Waals surface area contributed by atoms with E-state index in [0.29, 0.717) is 0 Å². The Bertz CT molecular complexity index is 110. The largest absolute Gasteiger partial charge is 0.347 e. The van der Waals surface area contributed by atoms with E-state index in [2.05, 4.69) is 11.7 Å². The molecule has 0 bridgehead atoms. The van der Waals surface area contributed by atoms with Gasteiger partial charge in [-0.15, -0.1) is 0 Å². The van der Waals surface area contributed by atoms with Gasteiger partial charge in [-0.3, -0.25) is 4.79 Å². The maximum atomic E-state index is 9.59. The van der Waals surface area contributed by atoms with Gasteiger partial charge >= 0.3 is 5.91 Å². The van der Waals surface area contributed by atoms with Crippen LogP contribution in [-0.4, -0.2) is 12.6 Å². The molecule has 1 amide bonds. The molecule has 0 heterocycles. The summed E-state index contributed by atoms with van der Waals surface area (Å²) >= 11 is 0. The summed E-state index contributed by atoms with van der Waals surface area (Å²) in [4.78, 5) is 12.3. The predicted octanol–water partition coefficient (Wildman–Crippen LogP) is -0.263. The van der Waals surface area contributed by atoms with Gasteiger partial charge in [0.25, 0.3) is 0 Å². The van der Waals surface area contributed by atoms with Gasteiger partial charge < -0.3 is 0 Å². The Hall–Kier alpha value is -1.17. The third-order valence-corrected chi connectivity index (χ3v) is 0.239. The summed E-state index contributed by atoms with van der Waals surface area (Å²) < 4.78 is 0.